The van der Waals surface area contributed by atoms with Gasteiger partial charge in [-0.2, -0.15) is 0 Å². The molecule has 256 valence electrons. The summed E-state index contributed by atoms with van der Waals surface area (Å²) in [5.74, 6) is 1.55. The third kappa shape index (κ3) is 8.84. The maximum absolute atomic E-state index is 12.7. The molecule has 7 nitrogen and oxygen atoms in total. The average Bonchev–Trinajstić information content (AvgIpc) is 3.15. The van der Waals surface area contributed by atoms with E-state index in [9.17, 15) is 9.59 Å². The second-order valence-corrected chi connectivity index (χ2v) is 14.2. The number of hydrogen-bond acceptors (Lipinski definition) is 9. The van der Waals surface area contributed by atoms with Gasteiger partial charge in [0.1, 0.15) is 11.5 Å². The summed E-state index contributed by atoms with van der Waals surface area (Å²) in [5, 5.41) is 3.06. The standard InChI is InChI=1S/C20H21NO3S.C20H23NO2S/c22-20-16-4-1-2-5-18(16)25-19-7-6-15(14-17(19)20)24-11-3-8-21-9-12-23-13-10-21;1-3-21(4-2)12-7-13-23-15-10-11-19-17(14-15)20(22)16-8-5-6-9-18(16)24-19/h1-2,4-7,14H,3,8-13H2;5-6,8-11,14H,3-4,7,12-13H2,1-2H3. The van der Waals surface area contributed by atoms with E-state index in [0.29, 0.717) is 13.2 Å². The maximum Gasteiger partial charge on any atom is 0.196 e. The number of benzene rings is 4. The molecule has 0 saturated carbocycles. The van der Waals surface area contributed by atoms with Crippen molar-refractivity contribution >= 4 is 63.0 Å². The van der Waals surface area contributed by atoms with E-state index in [0.717, 1.165) is 117 Å². The van der Waals surface area contributed by atoms with E-state index in [1.807, 2.05) is 84.9 Å². The summed E-state index contributed by atoms with van der Waals surface area (Å²) in [6.07, 6.45) is 1.97. The number of rotatable bonds is 12. The molecule has 0 radical (unpaired) electrons. The van der Waals surface area contributed by atoms with Crippen molar-refractivity contribution in [3.63, 3.8) is 0 Å². The molecule has 0 aliphatic carbocycles. The van der Waals surface area contributed by atoms with Crippen molar-refractivity contribution in [3.8, 4) is 11.5 Å². The van der Waals surface area contributed by atoms with E-state index in [4.69, 9.17) is 14.2 Å². The minimum Gasteiger partial charge on any atom is -0.494 e. The second kappa shape index (κ2) is 17.2. The Kier molecular flexibility index (Phi) is 12.3. The fourth-order valence-corrected chi connectivity index (χ4v) is 8.17. The van der Waals surface area contributed by atoms with Gasteiger partial charge in [0.05, 0.1) is 26.4 Å². The lowest BCUT2D eigenvalue weighted by molar-refractivity contribution is 0.0358. The zero-order valence-corrected chi connectivity index (χ0v) is 30.0. The summed E-state index contributed by atoms with van der Waals surface area (Å²) in [5.41, 5.74) is 0.177. The van der Waals surface area contributed by atoms with Crippen molar-refractivity contribution in [1.29, 1.82) is 0 Å². The van der Waals surface area contributed by atoms with Gasteiger partial charge in [-0.3, -0.25) is 14.5 Å². The van der Waals surface area contributed by atoms with Gasteiger partial charge in [-0.05, 0) is 86.6 Å². The van der Waals surface area contributed by atoms with Crippen LogP contribution in [0.5, 0.6) is 11.5 Å². The lowest BCUT2D eigenvalue weighted by Gasteiger charge is -2.26. The number of nitrogens with zero attached hydrogens (tertiary/aromatic N) is 2. The molecule has 0 unspecified atom stereocenters. The van der Waals surface area contributed by atoms with Crippen molar-refractivity contribution in [1.82, 2.24) is 9.80 Å². The van der Waals surface area contributed by atoms with Crippen LogP contribution in [-0.2, 0) is 4.74 Å². The lowest BCUT2D eigenvalue weighted by atomic mass is 10.2. The Bertz CT molecular complexity index is 2120. The molecule has 6 aromatic rings. The highest BCUT2D eigenvalue weighted by atomic mass is 32.1. The van der Waals surface area contributed by atoms with E-state index in [-0.39, 0.29) is 10.9 Å². The number of hydrogen-bond donors (Lipinski definition) is 0. The second-order valence-electron chi connectivity index (χ2n) is 12.1. The van der Waals surface area contributed by atoms with Gasteiger partial charge in [0.2, 0.25) is 0 Å². The number of ether oxygens (including phenoxy) is 3. The quantitative estimate of drug-likeness (QED) is 0.0948. The van der Waals surface area contributed by atoms with E-state index in [2.05, 4.69) is 23.6 Å². The van der Waals surface area contributed by atoms with E-state index < -0.39 is 0 Å². The highest BCUT2D eigenvalue weighted by Gasteiger charge is 2.11. The summed E-state index contributed by atoms with van der Waals surface area (Å²) in [7, 11) is 0. The molecule has 0 amide bonds. The highest BCUT2D eigenvalue weighted by Crippen LogP contribution is 2.28. The molecule has 9 heteroatoms. The van der Waals surface area contributed by atoms with E-state index in [1.54, 1.807) is 22.7 Å². The maximum atomic E-state index is 12.7. The minimum absolute atomic E-state index is 0.0862. The predicted molar refractivity (Wildman–Crippen MR) is 206 cm³/mol. The summed E-state index contributed by atoms with van der Waals surface area (Å²) >= 11 is 3.30. The summed E-state index contributed by atoms with van der Waals surface area (Å²) < 4.78 is 21.2. The van der Waals surface area contributed by atoms with Gasteiger partial charge in [-0.15, -0.1) is 22.7 Å². The Hall–Kier alpha value is -3.86. The summed E-state index contributed by atoms with van der Waals surface area (Å²) in [6, 6.07) is 27.2. The number of fused-ring (bicyclic) bond motifs is 4. The molecule has 3 heterocycles. The van der Waals surface area contributed by atoms with Crippen LogP contribution >= 0.6 is 22.7 Å². The summed E-state index contributed by atoms with van der Waals surface area (Å²) in [4.78, 5) is 30.2. The topological polar surface area (TPSA) is 68.3 Å². The molecule has 1 aliphatic heterocycles. The van der Waals surface area contributed by atoms with Gasteiger partial charge in [-0.1, -0.05) is 38.1 Å². The first-order valence-electron chi connectivity index (χ1n) is 17.2. The fraction of sp³-hybridized carbons (Fsp3) is 0.350. The molecular weight excluding hydrogens is 653 g/mol. The fourth-order valence-electron chi connectivity index (χ4n) is 6.07. The van der Waals surface area contributed by atoms with Gasteiger partial charge >= 0.3 is 0 Å². The average molecular weight is 697 g/mol. The van der Waals surface area contributed by atoms with Gasteiger partial charge in [0.25, 0.3) is 0 Å². The minimum atomic E-state index is 0.0862. The Labute approximate surface area is 295 Å². The Morgan fingerprint density at radius 3 is 1.67 bits per heavy atom. The van der Waals surface area contributed by atoms with Crippen molar-refractivity contribution in [2.45, 2.75) is 26.7 Å². The molecule has 1 saturated heterocycles. The lowest BCUT2D eigenvalue weighted by Crippen LogP contribution is -2.37. The molecule has 0 bridgehead atoms. The Balaban J connectivity index is 0.000000170. The molecule has 0 spiro atoms. The molecule has 1 fully saturated rings. The molecule has 7 rings (SSSR count). The van der Waals surface area contributed by atoms with Gasteiger partial charge in [0.15, 0.2) is 10.9 Å². The van der Waals surface area contributed by atoms with Crippen molar-refractivity contribution < 1.29 is 14.2 Å². The van der Waals surface area contributed by atoms with Gasteiger partial charge in [0, 0.05) is 66.5 Å². The van der Waals surface area contributed by atoms with Crippen LogP contribution in [0.3, 0.4) is 0 Å². The van der Waals surface area contributed by atoms with Crippen LogP contribution in [0.4, 0.5) is 0 Å². The monoisotopic (exact) mass is 696 g/mol. The van der Waals surface area contributed by atoms with E-state index in [1.165, 1.54) is 0 Å². The van der Waals surface area contributed by atoms with Crippen LogP contribution < -0.4 is 20.3 Å². The van der Waals surface area contributed by atoms with Crippen molar-refractivity contribution in [3.05, 3.63) is 105 Å². The van der Waals surface area contributed by atoms with Crippen molar-refractivity contribution in [2.75, 3.05) is 65.7 Å². The third-order valence-electron chi connectivity index (χ3n) is 8.87. The smallest absolute Gasteiger partial charge is 0.196 e. The number of morpholine rings is 1. The van der Waals surface area contributed by atoms with Gasteiger partial charge < -0.3 is 19.1 Å². The third-order valence-corrected chi connectivity index (χ3v) is 11.2. The van der Waals surface area contributed by atoms with Crippen molar-refractivity contribution in [2.24, 2.45) is 0 Å². The first-order valence-corrected chi connectivity index (χ1v) is 18.9. The van der Waals surface area contributed by atoms with Crippen LogP contribution in [0.1, 0.15) is 26.7 Å². The van der Waals surface area contributed by atoms with Crippen LogP contribution in [0, 0.1) is 0 Å². The normalized spacial score (nSPS) is 13.6. The molecule has 0 N–H and O–H groups in total. The summed E-state index contributed by atoms with van der Waals surface area (Å²) in [6.45, 7) is 13.6. The zero-order chi connectivity index (χ0) is 34.0. The Morgan fingerprint density at radius 1 is 0.653 bits per heavy atom. The van der Waals surface area contributed by atoms with Gasteiger partial charge in [-0.25, -0.2) is 0 Å². The predicted octanol–water partition coefficient (Wildman–Crippen LogP) is 8.04. The van der Waals surface area contributed by atoms with Crippen LogP contribution in [-0.4, -0.2) is 75.5 Å². The van der Waals surface area contributed by atoms with Crippen LogP contribution in [0.2, 0.25) is 0 Å². The molecule has 4 aromatic carbocycles. The largest absolute Gasteiger partial charge is 0.494 e. The molecule has 1 aliphatic rings. The van der Waals surface area contributed by atoms with Crippen LogP contribution in [0.25, 0.3) is 40.3 Å². The van der Waals surface area contributed by atoms with Crippen LogP contribution in [0.15, 0.2) is 94.5 Å². The SMILES string of the molecule is CCN(CC)CCCOc1ccc2sc3ccccc3c(=O)c2c1.O=c1c2ccccc2sc2ccc(OCCCN3CCOCC3)cc12. The highest BCUT2D eigenvalue weighted by molar-refractivity contribution is 7.24. The molecule has 49 heavy (non-hydrogen) atoms. The van der Waals surface area contributed by atoms with E-state index >= 15 is 0 Å². The molecular formula is C40H44N2O5S2. The molecule has 2 aromatic heterocycles. The Morgan fingerprint density at radius 2 is 1.14 bits per heavy atom. The molecule has 0 atom stereocenters. The zero-order valence-electron chi connectivity index (χ0n) is 28.3. The first-order chi connectivity index (χ1) is 24.0. The first kappa shape index (κ1) is 35.0.